The molecule has 1 aromatic heterocycles. The van der Waals surface area contributed by atoms with Crippen molar-refractivity contribution in [1.82, 2.24) is 15.1 Å². The van der Waals surface area contributed by atoms with E-state index < -0.39 is 17.4 Å². The minimum atomic E-state index is -1.53. The number of nitrogens with one attached hydrogen (secondary N) is 1. The van der Waals surface area contributed by atoms with E-state index in [-0.39, 0.29) is 6.42 Å². The Morgan fingerprint density at radius 2 is 1.92 bits per heavy atom. The number of halogens is 1. The Balaban J connectivity index is 2.42. The number of benzene rings is 1. The highest BCUT2D eigenvalue weighted by Gasteiger charge is 2.40. The molecule has 0 saturated carbocycles. The van der Waals surface area contributed by atoms with Crippen molar-refractivity contribution < 1.29 is 14.7 Å². The first kappa shape index (κ1) is 18.0. The molecule has 0 radical (unpaired) electrons. The summed E-state index contributed by atoms with van der Waals surface area (Å²) in [4.78, 5) is 24.6. The molecule has 1 unspecified atom stereocenters. The molecule has 1 amide bonds. The Morgan fingerprint density at radius 1 is 1.29 bits per heavy atom. The zero-order chi connectivity index (χ0) is 17.9. The molecule has 24 heavy (non-hydrogen) atoms. The molecule has 0 spiro atoms. The van der Waals surface area contributed by atoms with E-state index in [1.54, 1.807) is 49.0 Å². The Bertz CT molecular complexity index is 755. The van der Waals surface area contributed by atoms with Gasteiger partial charge in [-0.05, 0) is 38.0 Å². The van der Waals surface area contributed by atoms with Gasteiger partial charge in [0, 0.05) is 17.8 Å². The monoisotopic (exact) mass is 349 g/mol. The van der Waals surface area contributed by atoms with Crippen molar-refractivity contribution in [2.75, 3.05) is 0 Å². The van der Waals surface area contributed by atoms with Gasteiger partial charge in [0.2, 0.25) is 0 Å². The summed E-state index contributed by atoms with van der Waals surface area (Å²) >= 11 is 5.88. The molecule has 2 rings (SSSR count). The molecular weight excluding hydrogens is 330 g/mol. The zero-order valence-corrected chi connectivity index (χ0v) is 14.6. The Kier molecular flexibility index (Phi) is 5.29. The molecule has 0 aliphatic heterocycles. The first-order valence-electron chi connectivity index (χ1n) is 7.70. The number of hydrogen-bond acceptors (Lipinski definition) is 3. The number of rotatable bonds is 6. The van der Waals surface area contributed by atoms with Gasteiger partial charge in [-0.2, -0.15) is 5.10 Å². The average Bonchev–Trinajstić information content (AvgIpc) is 2.94. The van der Waals surface area contributed by atoms with Gasteiger partial charge in [-0.1, -0.05) is 30.7 Å². The van der Waals surface area contributed by atoms with Crippen LogP contribution in [-0.2, 0) is 16.9 Å². The normalized spacial score (nSPS) is 13.3. The number of aryl methyl sites for hydroxylation is 2. The quantitative estimate of drug-likeness (QED) is 0.839. The van der Waals surface area contributed by atoms with Crippen molar-refractivity contribution >= 4 is 23.5 Å². The van der Waals surface area contributed by atoms with E-state index >= 15 is 0 Å². The molecule has 2 aromatic rings. The van der Waals surface area contributed by atoms with Gasteiger partial charge >= 0.3 is 5.97 Å². The van der Waals surface area contributed by atoms with Gasteiger partial charge in [-0.3, -0.25) is 9.48 Å². The fourth-order valence-corrected chi connectivity index (χ4v) is 2.72. The number of carbonyl (C=O) groups is 2. The van der Waals surface area contributed by atoms with Gasteiger partial charge in [-0.15, -0.1) is 0 Å². The maximum Gasteiger partial charge on any atom is 0.334 e. The van der Waals surface area contributed by atoms with Gasteiger partial charge < -0.3 is 10.4 Å². The van der Waals surface area contributed by atoms with Crippen LogP contribution in [0.1, 0.15) is 41.9 Å². The van der Waals surface area contributed by atoms with Crippen LogP contribution in [-0.4, -0.2) is 26.8 Å². The summed E-state index contributed by atoms with van der Waals surface area (Å²) in [6.45, 7) is 5.97. The second-order valence-electron chi connectivity index (χ2n) is 5.51. The van der Waals surface area contributed by atoms with Gasteiger partial charge in [0.1, 0.15) is 0 Å². The van der Waals surface area contributed by atoms with Gasteiger partial charge in [0.15, 0.2) is 5.54 Å². The molecule has 1 aromatic carbocycles. The predicted octanol–water partition coefficient (Wildman–Crippen LogP) is 2.98. The Morgan fingerprint density at radius 3 is 2.38 bits per heavy atom. The van der Waals surface area contributed by atoms with Crippen LogP contribution in [0.5, 0.6) is 0 Å². The van der Waals surface area contributed by atoms with Gasteiger partial charge in [0.25, 0.3) is 5.91 Å². The maximum absolute atomic E-state index is 12.7. The minimum Gasteiger partial charge on any atom is -0.479 e. The van der Waals surface area contributed by atoms with Crippen molar-refractivity contribution in [2.45, 2.75) is 39.3 Å². The lowest BCUT2D eigenvalue weighted by atomic mass is 9.87. The summed E-state index contributed by atoms with van der Waals surface area (Å²) in [5.41, 5.74) is -0.135. The van der Waals surface area contributed by atoms with Crippen molar-refractivity contribution in [3.8, 4) is 0 Å². The molecule has 0 aliphatic rings. The van der Waals surface area contributed by atoms with Gasteiger partial charge in [0.05, 0.1) is 11.3 Å². The third kappa shape index (κ3) is 3.28. The highest BCUT2D eigenvalue weighted by Crippen LogP contribution is 2.27. The summed E-state index contributed by atoms with van der Waals surface area (Å²) in [5, 5.41) is 17.2. The lowest BCUT2D eigenvalue weighted by molar-refractivity contribution is -0.145. The van der Waals surface area contributed by atoms with E-state index in [1.165, 1.54) is 0 Å². The largest absolute Gasteiger partial charge is 0.479 e. The molecule has 6 nitrogen and oxygen atoms in total. The van der Waals surface area contributed by atoms with Gasteiger partial charge in [-0.25, -0.2) is 4.79 Å². The second kappa shape index (κ2) is 7.05. The van der Waals surface area contributed by atoms with Crippen LogP contribution in [0.3, 0.4) is 0 Å². The van der Waals surface area contributed by atoms with Crippen molar-refractivity contribution in [3.63, 3.8) is 0 Å². The number of aliphatic carboxylic acids is 1. The Labute approximate surface area is 145 Å². The third-order valence-corrected chi connectivity index (χ3v) is 4.33. The molecule has 2 N–H and O–H groups in total. The fourth-order valence-electron chi connectivity index (χ4n) is 2.59. The van der Waals surface area contributed by atoms with E-state index in [0.717, 1.165) is 0 Å². The highest BCUT2D eigenvalue weighted by molar-refractivity contribution is 6.30. The van der Waals surface area contributed by atoms with Crippen LogP contribution >= 0.6 is 11.6 Å². The van der Waals surface area contributed by atoms with Crippen LogP contribution in [0, 0.1) is 6.92 Å². The van der Waals surface area contributed by atoms with Crippen LogP contribution in [0.2, 0.25) is 5.02 Å². The molecule has 0 fully saturated rings. The number of amides is 1. The molecule has 1 atom stereocenters. The summed E-state index contributed by atoms with van der Waals surface area (Å²) in [5.74, 6) is -1.59. The number of carboxylic acids is 1. The first-order chi connectivity index (χ1) is 11.3. The summed E-state index contributed by atoms with van der Waals surface area (Å²) < 4.78 is 1.64. The smallest absolute Gasteiger partial charge is 0.334 e. The van der Waals surface area contributed by atoms with Crippen molar-refractivity contribution in [1.29, 1.82) is 0 Å². The minimum absolute atomic E-state index is 0.191. The van der Waals surface area contributed by atoms with E-state index in [0.29, 0.717) is 28.4 Å². The van der Waals surface area contributed by atoms with E-state index in [4.69, 9.17) is 11.6 Å². The number of aromatic nitrogens is 2. The summed E-state index contributed by atoms with van der Waals surface area (Å²) in [7, 11) is 0. The SMILES string of the molecule is CCn1cc(C(=O)NC(CC)(C(=O)O)c2ccc(Cl)cc2)c(C)n1. The number of nitrogens with zero attached hydrogens (tertiary/aromatic N) is 2. The fraction of sp³-hybridized carbons (Fsp3) is 0.353. The molecule has 128 valence electrons. The number of carboxylic acid groups (broad SMARTS) is 1. The Hall–Kier alpha value is -2.34. The first-order valence-corrected chi connectivity index (χ1v) is 8.07. The van der Waals surface area contributed by atoms with Crippen molar-refractivity contribution in [2.24, 2.45) is 0 Å². The maximum atomic E-state index is 12.7. The molecule has 0 saturated heterocycles. The van der Waals surface area contributed by atoms with Crippen LogP contribution in [0.25, 0.3) is 0 Å². The van der Waals surface area contributed by atoms with Crippen LogP contribution < -0.4 is 5.32 Å². The molecular formula is C17H20ClN3O3. The van der Waals surface area contributed by atoms with E-state index in [2.05, 4.69) is 10.4 Å². The van der Waals surface area contributed by atoms with Crippen LogP contribution in [0.15, 0.2) is 30.5 Å². The lowest BCUT2D eigenvalue weighted by Crippen LogP contribution is -2.51. The van der Waals surface area contributed by atoms with E-state index in [9.17, 15) is 14.7 Å². The lowest BCUT2D eigenvalue weighted by Gasteiger charge is -2.30. The van der Waals surface area contributed by atoms with Crippen LogP contribution in [0.4, 0.5) is 0 Å². The average molecular weight is 350 g/mol. The number of hydrogen-bond donors (Lipinski definition) is 2. The summed E-state index contributed by atoms with van der Waals surface area (Å²) in [6.07, 6.45) is 1.81. The standard InChI is InChI=1S/C17H20ClN3O3/c1-4-17(16(23)24,12-6-8-13(18)9-7-12)19-15(22)14-10-21(5-2)20-11(14)3/h6-10H,4-5H2,1-3H3,(H,19,22)(H,23,24). The third-order valence-electron chi connectivity index (χ3n) is 4.07. The molecule has 1 heterocycles. The number of carbonyl (C=O) groups excluding carboxylic acids is 1. The zero-order valence-electron chi connectivity index (χ0n) is 13.8. The molecule has 7 heteroatoms. The topological polar surface area (TPSA) is 84.2 Å². The van der Waals surface area contributed by atoms with Crippen molar-refractivity contribution in [3.05, 3.63) is 52.3 Å². The molecule has 0 bridgehead atoms. The predicted molar refractivity (Wildman–Crippen MR) is 91.2 cm³/mol. The second-order valence-corrected chi connectivity index (χ2v) is 5.95. The van der Waals surface area contributed by atoms with E-state index in [1.807, 2.05) is 6.92 Å². The highest BCUT2D eigenvalue weighted by atomic mass is 35.5. The molecule has 0 aliphatic carbocycles. The summed E-state index contributed by atoms with van der Waals surface area (Å²) in [6, 6.07) is 6.44.